The molecule has 2 amide bonds. The summed E-state index contributed by atoms with van der Waals surface area (Å²) in [6.07, 6.45) is 9.71. The Morgan fingerprint density at radius 2 is 1.71 bits per heavy atom. The Morgan fingerprint density at radius 1 is 1.03 bits per heavy atom. The number of nitrogens with zero attached hydrogens (tertiary/aromatic N) is 2. The number of aromatic nitrogens is 2. The van der Waals surface area contributed by atoms with E-state index in [0.29, 0.717) is 11.6 Å². The van der Waals surface area contributed by atoms with E-state index >= 15 is 0 Å². The van der Waals surface area contributed by atoms with Crippen LogP contribution < -0.4 is 10.9 Å². The highest BCUT2D eigenvalue weighted by molar-refractivity contribution is 7.99. The van der Waals surface area contributed by atoms with E-state index in [1.54, 1.807) is 17.8 Å². The highest BCUT2D eigenvalue weighted by Gasteiger charge is 2.13. The maximum atomic E-state index is 12.5. The predicted octanol–water partition coefficient (Wildman–Crippen LogP) is 6.01. The van der Waals surface area contributed by atoms with Gasteiger partial charge in [-0.15, -0.1) is 0 Å². The average Bonchev–Trinajstić information content (AvgIpc) is 2.79. The molecule has 0 saturated heterocycles. The van der Waals surface area contributed by atoms with Gasteiger partial charge in [0.15, 0.2) is 5.16 Å². The molecular weight excluding hydrogens is 444 g/mol. The maximum Gasteiger partial charge on any atom is 0.317 e. The molecule has 0 fully saturated rings. The summed E-state index contributed by atoms with van der Waals surface area (Å²) in [7, 11) is 0. The molecule has 0 aliphatic rings. The standard InChI is InChI=1S/C27H42N4O2S/c1-4-5-6-7-12-17-31(27(33)28-22(2)3)18-13-9-14-19-34-26-29-24(21-25(32)30-26)20-23-15-10-8-11-16-23/h8,10-11,15-16,21-22H,4-7,9,12-14,17-20H2,1-3H3,(H,28,33)(H,29,30,32). The minimum absolute atomic E-state index is 0.0527. The van der Waals surface area contributed by atoms with Crippen molar-refractivity contribution in [2.75, 3.05) is 18.8 Å². The van der Waals surface area contributed by atoms with Crippen LogP contribution in [0.4, 0.5) is 4.79 Å². The predicted molar refractivity (Wildman–Crippen MR) is 143 cm³/mol. The van der Waals surface area contributed by atoms with Gasteiger partial charge in [0.1, 0.15) is 0 Å². The molecule has 0 radical (unpaired) electrons. The van der Waals surface area contributed by atoms with Crippen molar-refractivity contribution in [1.82, 2.24) is 20.2 Å². The van der Waals surface area contributed by atoms with Gasteiger partial charge in [-0.1, -0.05) is 81.1 Å². The van der Waals surface area contributed by atoms with Gasteiger partial charge in [-0.25, -0.2) is 9.78 Å². The molecule has 0 aliphatic heterocycles. The van der Waals surface area contributed by atoms with E-state index in [-0.39, 0.29) is 17.6 Å². The molecule has 34 heavy (non-hydrogen) atoms. The Balaban J connectivity index is 1.73. The lowest BCUT2D eigenvalue weighted by molar-refractivity contribution is 0.192. The lowest BCUT2D eigenvalue weighted by Crippen LogP contribution is -2.43. The summed E-state index contributed by atoms with van der Waals surface area (Å²) in [4.78, 5) is 34.0. The fraction of sp³-hybridized carbons (Fsp3) is 0.593. The number of amides is 2. The first-order chi connectivity index (χ1) is 16.5. The Morgan fingerprint density at radius 3 is 2.38 bits per heavy atom. The van der Waals surface area contributed by atoms with E-state index < -0.39 is 0 Å². The number of nitrogens with one attached hydrogen (secondary N) is 2. The molecule has 0 bridgehead atoms. The zero-order valence-electron chi connectivity index (χ0n) is 21.1. The Kier molecular flexibility index (Phi) is 13.5. The quantitative estimate of drug-likeness (QED) is 0.173. The molecular formula is C27H42N4O2S. The van der Waals surface area contributed by atoms with Crippen LogP contribution in [0, 0.1) is 0 Å². The van der Waals surface area contributed by atoms with Crippen molar-refractivity contribution in [3.05, 3.63) is 58.0 Å². The van der Waals surface area contributed by atoms with Gasteiger partial charge in [0, 0.05) is 37.4 Å². The second-order valence-electron chi connectivity index (χ2n) is 9.12. The van der Waals surface area contributed by atoms with Gasteiger partial charge in [-0.05, 0) is 38.7 Å². The third-order valence-corrected chi connectivity index (χ3v) is 6.50. The van der Waals surface area contributed by atoms with Crippen molar-refractivity contribution in [2.45, 2.75) is 89.8 Å². The van der Waals surface area contributed by atoms with Crippen LogP contribution in [0.15, 0.2) is 46.3 Å². The molecule has 2 rings (SSSR count). The fourth-order valence-electron chi connectivity index (χ4n) is 3.76. The number of thioether (sulfide) groups is 1. The maximum absolute atomic E-state index is 12.5. The minimum Gasteiger partial charge on any atom is -0.336 e. The van der Waals surface area contributed by atoms with E-state index in [1.165, 1.54) is 25.7 Å². The van der Waals surface area contributed by atoms with Crippen molar-refractivity contribution in [1.29, 1.82) is 0 Å². The molecule has 2 N–H and O–H groups in total. The molecule has 1 aromatic carbocycles. The number of H-pyrrole nitrogens is 1. The van der Waals surface area contributed by atoms with Crippen LogP contribution in [0.2, 0.25) is 0 Å². The van der Waals surface area contributed by atoms with Gasteiger partial charge in [-0.2, -0.15) is 0 Å². The molecule has 7 heteroatoms. The Hall–Kier alpha value is -2.28. The number of carbonyl (C=O) groups is 1. The summed E-state index contributed by atoms with van der Waals surface area (Å²) in [6.45, 7) is 7.84. The highest BCUT2D eigenvalue weighted by Crippen LogP contribution is 2.16. The van der Waals surface area contributed by atoms with Crippen LogP contribution in [0.1, 0.15) is 83.4 Å². The van der Waals surface area contributed by atoms with E-state index in [9.17, 15) is 9.59 Å². The normalized spacial score (nSPS) is 11.1. The molecule has 0 unspecified atom stereocenters. The average molecular weight is 487 g/mol. The van der Waals surface area contributed by atoms with E-state index in [2.05, 4.69) is 22.2 Å². The topological polar surface area (TPSA) is 78.1 Å². The SMILES string of the molecule is CCCCCCCN(CCCCCSc1nc(Cc2ccccc2)cc(=O)[nH]1)C(=O)NC(C)C. The van der Waals surface area contributed by atoms with Crippen molar-refractivity contribution >= 4 is 17.8 Å². The molecule has 6 nitrogen and oxygen atoms in total. The summed E-state index contributed by atoms with van der Waals surface area (Å²) in [5, 5.41) is 3.72. The van der Waals surface area contributed by atoms with Gasteiger partial charge in [0.25, 0.3) is 5.56 Å². The highest BCUT2D eigenvalue weighted by atomic mass is 32.2. The van der Waals surface area contributed by atoms with Gasteiger partial charge >= 0.3 is 6.03 Å². The second-order valence-corrected chi connectivity index (χ2v) is 10.2. The monoisotopic (exact) mass is 486 g/mol. The van der Waals surface area contributed by atoms with Gasteiger partial charge in [-0.3, -0.25) is 4.79 Å². The summed E-state index contributed by atoms with van der Waals surface area (Å²) in [5.74, 6) is 0.896. The first-order valence-corrected chi connectivity index (χ1v) is 13.8. The van der Waals surface area contributed by atoms with Crippen LogP contribution in [-0.2, 0) is 6.42 Å². The molecule has 2 aromatic rings. The van der Waals surface area contributed by atoms with Crippen LogP contribution in [-0.4, -0.2) is 45.8 Å². The fourth-order valence-corrected chi connectivity index (χ4v) is 4.65. The molecule has 0 atom stereocenters. The number of urea groups is 1. The molecule has 188 valence electrons. The number of unbranched alkanes of at least 4 members (excludes halogenated alkanes) is 6. The van der Waals surface area contributed by atoms with Crippen LogP contribution in [0.3, 0.4) is 0 Å². The second kappa shape index (κ2) is 16.4. The van der Waals surface area contributed by atoms with Crippen molar-refractivity contribution < 1.29 is 4.79 Å². The number of hydrogen-bond acceptors (Lipinski definition) is 4. The minimum atomic E-state index is -0.103. The van der Waals surface area contributed by atoms with E-state index in [0.717, 1.165) is 55.8 Å². The largest absolute Gasteiger partial charge is 0.336 e. The summed E-state index contributed by atoms with van der Waals surface area (Å²) in [5.41, 5.74) is 1.84. The molecule has 0 saturated carbocycles. The summed E-state index contributed by atoms with van der Waals surface area (Å²) < 4.78 is 0. The van der Waals surface area contributed by atoms with Gasteiger partial charge in [0.2, 0.25) is 0 Å². The van der Waals surface area contributed by atoms with Crippen molar-refractivity contribution in [3.63, 3.8) is 0 Å². The van der Waals surface area contributed by atoms with Crippen LogP contribution >= 0.6 is 11.8 Å². The summed E-state index contributed by atoms with van der Waals surface area (Å²) >= 11 is 1.59. The van der Waals surface area contributed by atoms with Crippen molar-refractivity contribution in [2.24, 2.45) is 0 Å². The number of hydrogen-bond donors (Lipinski definition) is 2. The molecule has 1 heterocycles. The number of aromatic amines is 1. The van der Waals surface area contributed by atoms with Crippen molar-refractivity contribution in [3.8, 4) is 0 Å². The zero-order chi connectivity index (χ0) is 24.6. The Bertz CT molecular complexity index is 886. The van der Waals surface area contributed by atoms with Crippen LogP contribution in [0.25, 0.3) is 0 Å². The van der Waals surface area contributed by atoms with E-state index in [1.807, 2.05) is 49.1 Å². The number of carbonyl (C=O) groups excluding carboxylic acids is 1. The first kappa shape index (κ1) is 28.0. The third-order valence-electron chi connectivity index (χ3n) is 5.54. The molecule has 0 spiro atoms. The van der Waals surface area contributed by atoms with Gasteiger partial charge in [0.05, 0.1) is 5.69 Å². The van der Waals surface area contributed by atoms with Crippen LogP contribution in [0.5, 0.6) is 0 Å². The lowest BCUT2D eigenvalue weighted by atomic mass is 10.1. The Labute approximate surface area is 209 Å². The van der Waals surface area contributed by atoms with Gasteiger partial charge < -0.3 is 15.2 Å². The number of rotatable bonds is 16. The lowest BCUT2D eigenvalue weighted by Gasteiger charge is -2.24. The van der Waals surface area contributed by atoms with E-state index in [4.69, 9.17) is 0 Å². The zero-order valence-corrected chi connectivity index (χ0v) is 22.0. The summed E-state index contributed by atoms with van der Waals surface area (Å²) in [6, 6.07) is 11.9. The smallest absolute Gasteiger partial charge is 0.317 e. The molecule has 0 aliphatic carbocycles. The first-order valence-electron chi connectivity index (χ1n) is 12.8. The third kappa shape index (κ3) is 11.7. The number of benzene rings is 1. The molecule has 1 aromatic heterocycles.